The number of hydrogen-bond donors (Lipinski definition) is 1. The molecule has 0 radical (unpaired) electrons. The molecule has 76 valence electrons. The van der Waals surface area contributed by atoms with Crippen LogP contribution in [0.4, 0.5) is 5.82 Å². The van der Waals surface area contributed by atoms with Gasteiger partial charge >= 0.3 is 0 Å². The Balaban J connectivity index is 2.54. The third-order valence-electron chi connectivity index (χ3n) is 2.95. The summed E-state index contributed by atoms with van der Waals surface area (Å²) in [5.74, 6) is 1.42. The average Bonchev–Trinajstić information content (AvgIpc) is 2.10. The number of aryl methyl sites for hydroxylation is 1. The van der Waals surface area contributed by atoms with Crippen molar-refractivity contribution in [1.29, 1.82) is 0 Å². The number of nitrogen functional groups attached to an aromatic ring is 1. The molecule has 1 atom stereocenters. The Morgan fingerprint density at radius 3 is 2.86 bits per heavy atom. The lowest BCUT2D eigenvalue weighted by atomic mass is 9.99. The van der Waals surface area contributed by atoms with Crippen molar-refractivity contribution >= 4 is 5.82 Å². The second-order valence-electron chi connectivity index (χ2n) is 3.92. The first kappa shape index (κ1) is 9.40. The maximum absolute atomic E-state index is 5.92. The number of likely N-dealkylation sites (N-methyl/N-ethyl adjacent to an activating group) is 1. The van der Waals surface area contributed by atoms with Crippen molar-refractivity contribution in [2.75, 3.05) is 19.3 Å². The zero-order valence-electron chi connectivity index (χ0n) is 8.91. The average molecular weight is 192 g/mol. The molecule has 2 N–H and O–H groups in total. The van der Waals surface area contributed by atoms with Crippen LogP contribution in [0.2, 0.25) is 0 Å². The monoisotopic (exact) mass is 192 g/mol. The zero-order chi connectivity index (χ0) is 10.3. The molecular formula is C10H16N4. The van der Waals surface area contributed by atoms with Crippen molar-refractivity contribution in [3.63, 3.8) is 0 Å². The summed E-state index contributed by atoms with van der Waals surface area (Å²) in [4.78, 5) is 10.9. The number of fused-ring (bicyclic) bond motifs is 1. The highest BCUT2D eigenvalue weighted by Crippen LogP contribution is 2.30. The fourth-order valence-corrected chi connectivity index (χ4v) is 2.00. The van der Waals surface area contributed by atoms with Crippen molar-refractivity contribution < 1.29 is 0 Å². The van der Waals surface area contributed by atoms with Crippen LogP contribution in [0, 0.1) is 6.92 Å². The first-order chi connectivity index (χ1) is 6.59. The van der Waals surface area contributed by atoms with Gasteiger partial charge in [0.1, 0.15) is 11.6 Å². The topological polar surface area (TPSA) is 55.0 Å². The van der Waals surface area contributed by atoms with E-state index >= 15 is 0 Å². The molecule has 0 saturated heterocycles. The molecular weight excluding hydrogens is 176 g/mol. The fourth-order valence-electron chi connectivity index (χ4n) is 2.00. The van der Waals surface area contributed by atoms with Crippen molar-refractivity contribution in [2.24, 2.45) is 0 Å². The van der Waals surface area contributed by atoms with Crippen molar-refractivity contribution in [2.45, 2.75) is 26.3 Å². The molecule has 0 bridgehead atoms. The second kappa shape index (κ2) is 3.20. The van der Waals surface area contributed by atoms with Gasteiger partial charge in [-0.3, -0.25) is 4.90 Å². The van der Waals surface area contributed by atoms with Crippen LogP contribution in [0.1, 0.15) is 30.0 Å². The van der Waals surface area contributed by atoms with Gasteiger partial charge in [0, 0.05) is 24.6 Å². The lowest BCUT2D eigenvalue weighted by molar-refractivity contribution is 0.245. The smallest absolute Gasteiger partial charge is 0.132 e. The maximum Gasteiger partial charge on any atom is 0.132 e. The Labute approximate surface area is 84.2 Å². The summed E-state index contributed by atoms with van der Waals surface area (Å²) in [5, 5.41) is 0. The third-order valence-corrected chi connectivity index (χ3v) is 2.95. The van der Waals surface area contributed by atoms with Crippen LogP contribution in [-0.2, 0) is 6.42 Å². The molecule has 4 nitrogen and oxygen atoms in total. The number of rotatable bonds is 0. The number of nitrogens with zero attached hydrogens (tertiary/aromatic N) is 3. The summed E-state index contributed by atoms with van der Waals surface area (Å²) < 4.78 is 0. The quantitative estimate of drug-likeness (QED) is 0.664. The Kier molecular flexibility index (Phi) is 2.15. The van der Waals surface area contributed by atoms with Crippen LogP contribution < -0.4 is 5.73 Å². The van der Waals surface area contributed by atoms with Gasteiger partial charge in [0.2, 0.25) is 0 Å². The van der Waals surface area contributed by atoms with Crippen LogP contribution in [0.3, 0.4) is 0 Å². The molecule has 0 amide bonds. The molecule has 1 unspecified atom stereocenters. The van der Waals surface area contributed by atoms with Gasteiger partial charge in [0.05, 0.1) is 5.69 Å². The molecule has 2 rings (SSSR count). The number of hydrogen-bond acceptors (Lipinski definition) is 4. The summed E-state index contributed by atoms with van der Waals surface area (Å²) in [5.41, 5.74) is 8.16. The molecule has 0 aromatic carbocycles. The van der Waals surface area contributed by atoms with Crippen LogP contribution in [0.25, 0.3) is 0 Å². The van der Waals surface area contributed by atoms with Crippen LogP contribution >= 0.6 is 0 Å². The normalized spacial score (nSPS) is 22.1. The summed E-state index contributed by atoms with van der Waals surface area (Å²) in [6, 6.07) is 0.333. The Morgan fingerprint density at radius 1 is 1.43 bits per heavy atom. The van der Waals surface area contributed by atoms with E-state index in [0.717, 1.165) is 30.0 Å². The van der Waals surface area contributed by atoms with Gasteiger partial charge in [0.15, 0.2) is 0 Å². The molecule has 1 aromatic heterocycles. The minimum atomic E-state index is 0.333. The minimum absolute atomic E-state index is 0.333. The van der Waals surface area contributed by atoms with Gasteiger partial charge in [0.25, 0.3) is 0 Å². The van der Waals surface area contributed by atoms with Crippen molar-refractivity contribution in [1.82, 2.24) is 14.9 Å². The molecule has 1 aliphatic rings. The standard InChI is InChI=1S/C10H16N4/c1-6-9-8(4-5-14(6)3)12-7(2)13-10(9)11/h6H,4-5H2,1-3H3,(H2,11,12,13). The SMILES string of the molecule is Cc1nc(N)c2c(n1)CCN(C)C2C. The van der Waals surface area contributed by atoms with Gasteiger partial charge in [-0.25, -0.2) is 9.97 Å². The van der Waals surface area contributed by atoms with E-state index in [1.165, 1.54) is 0 Å². The molecule has 4 heteroatoms. The third kappa shape index (κ3) is 1.35. The van der Waals surface area contributed by atoms with E-state index in [9.17, 15) is 0 Å². The fraction of sp³-hybridized carbons (Fsp3) is 0.600. The maximum atomic E-state index is 5.92. The lowest BCUT2D eigenvalue weighted by Gasteiger charge is -2.31. The highest BCUT2D eigenvalue weighted by atomic mass is 15.1. The van der Waals surface area contributed by atoms with Crippen LogP contribution in [0.5, 0.6) is 0 Å². The first-order valence-electron chi connectivity index (χ1n) is 4.92. The van der Waals surface area contributed by atoms with Gasteiger partial charge < -0.3 is 5.73 Å². The summed E-state index contributed by atoms with van der Waals surface area (Å²) >= 11 is 0. The molecule has 1 aromatic rings. The van der Waals surface area contributed by atoms with E-state index in [1.807, 2.05) is 6.92 Å². The van der Waals surface area contributed by atoms with E-state index in [2.05, 4.69) is 28.8 Å². The van der Waals surface area contributed by atoms with E-state index in [1.54, 1.807) is 0 Å². The van der Waals surface area contributed by atoms with Gasteiger partial charge in [-0.2, -0.15) is 0 Å². The van der Waals surface area contributed by atoms with E-state index in [0.29, 0.717) is 11.9 Å². The van der Waals surface area contributed by atoms with Gasteiger partial charge in [-0.05, 0) is 20.9 Å². The van der Waals surface area contributed by atoms with E-state index < -0.39 is 0 Å². The summed E-state index contributed by atoms with van der Waals surface area (Å²) in [6.07, 6.45) is 0.976. The van der Waals surface area contributed by atoms with E-state index in [-0.39, 0.29) is 0 Å². The van der Waals surface area contributed by atoms with Gasteiger partial charge in [-0.15, -0.1) is 0 Å². The molecule has 1 aliphatic heterocycles. The van der Waals surface area contributed by atoms with Crippen LogP contribution in [0.15, 0.2) is 0 Å². The molecule has 14 heavy (non-hydrogen) atoms. The predicted molar refractivity (Wildman–Crippen MR) is 55.9 cm³/mol. The van der Waals surface area contributed by atoms with Gasteiger partial charge in [-0.1, -0.05) is 0 Å². The predicted octanol–water partition coefficient (Wildman–Crippen LogP) is 0.916. The number of anilines is 1. The molecule has 2 heterocycles. The number of aromatic nitrogens is 2. The molecule has 0 aliphatic carbocycles. The molecule has 0 spiro atoms. The molecule has 0 fully saturated rings. The second-order valence-corrected chi connectivity index (χ2v) is 3.92. The molecule has 0 saturated carbocycles. The highest BCUT2D eigenvalue weighted by Gasteiger charge is 2.25. The number of nitrogens with two attached hydrogens (primary N) is 1. The Morgan fingerprint density at radius 2 is 2.14 bits per heavy atom. The minimum Gasteiger partial charge on any atom is -0.383 e. The summed E-state index contributed by atoms with van der Waals surface area (Å²) in [6.45, 7) is 5.08. The zero-order valence-corrected chi connectivity index (χ0v) is 8.91. The van der Waals surface area contributed by atoms with Crippen molar-refractivity contribution in [3.8, 4) is 0 Å². The Bertz CT molecular complexity index is 361. The van der Waals surface area contributed by atoms with Crippen LogP contribution in [-0.4, -0.2) is 28.5 Å². The van der Waals surface area contributed by atoms with E-state index in [4.69, 9.17) is 5.73 Å². The largest absolute Gasteiger partial charge is 0.383 e. The lowest BCUT2D eigenvalue weighted by Crippen LogP contribution is -2.32. The van der Waals surface area contributed by atoms with Crippen molar-refractivity contribution in [3.05, 3.63) is 17.1 Å². The summed E-state index contributed by atoms with van der Waals surface area (Å²) in [7, 11) is 2.10. The highest BCUT2D eigenvalue weighted by molar-refractivity contribution is 5.45. The first-order valence-corrected chi connectivity index (χ1v) is 4.92. The Hall–Kier alpha value is -1.16.